The van der Waals surface area contributed by atoms with Crippen molar-refractivity contribution in [1.29, 1.82) is 0 Å². The van der Waals surface area contributed by atoms with Crippen LogP contribution >= 0.6 is 11.6 Å². The van der Waals surface area contributed by atoms with E-state index in [0.29, 0.717) is 30.9 Å². The fraction of sp³-hybridized carbons (Fsp3) is 0.500. The SMILES string of the molecule is C[C@@H]1Cc2nn3c(c2CN1C(=O)Nc1ccc(F)c(Cl)c1)C(=O)N(CC(C)(C)O)CCC3. The summed E-state index contributed by atoms with van der Waals surface area (Å²) in [4.78, 5) is 29.6. The van der Waals surface area contributed by atoms with E-state index in [9.17, 15) is 19.1 Å². The molecule has 0 radical (unpaired) electrons. The number of anilines is 1. The van der Waals surface area contributed by atoms with Crippen LogP contribution in [0.4, 0.5) is 14.9 Å². The van der Waals surface area contributed by atoms with Gasteiger partial charge in [-0.2, -0.15) is 5.10 Å². The van der Waals surface area contributed by atoms with Crippen molar-refractivity contribution in [2.24, 2.45) is 0 Å². The maximum absolute atomic E-state index is 13.4. The number of aryl methyl sites for hydroxylation is 1. The number of aliphatic hydroxyl groups is 1. The van der Waals surface area contributed by atoms with Gasteiger partial charge >= 0.3 is 6.03 Å². The minimum atomic E-state index is -1.01. The molecule has 4 rings (SSSR count). The molecular formula is C22H27ClFN5O3. The van der Waals surface area contributed by atoms with Gasteiger partial charge in [-0.3, -0.25) is 9.48 Å². The summed E-state index contributed by atoms with van der Waals surface area (Å²) in [6, 6.07) is 3.51. The third-order valence-corrected chi connectivity index (χ3v) is 6.07. The lowest BCUT2D eigenvalue weighted by Crippen LogP contribution is -2.46. The van der Waals surface area contributed by atoms with Gasteiger partial charge in [0.15, 0.2) is 0 Å². The van der Waals surface area contributed by atoms with E-state index in [1.807, 2.05) is 6.92 Å². The van der Waals surface area contributed by atoms with Gasteiger partial charge in [0.05, 0.1) is 22.9 Å². The highest BCUT2D eigenvalue weighted by Crippen LogP contribution is 2.29. The summed E-state index contributed by atoms with van der Waals surface area (Å²) in [6.07, 6.45) is 1.26. The zero-order chi connectivity index (χ0) is 23.2. The number of nitrogens with one attached hydrogen (secondary N) is 1. The van der Waals surface area contributed by atoms with E-state index in [1.54, 1.807) is 28.3 Å². The molecule has 10 heteroatoms. The van der Waals surface area contributed by atoms with E-state index in [0.717, 1.165) is 17.7 Å². The standard InChI is InChI=1S/C22H27ClFN5O3/c1-13-9-18-15(11-28(13)21(31)25-14-5-6-17(24)16(23)10-14)19-20(30)27(12-22(2,3)32)7-4-8-29(19)26-18/h5-6,10,13,32H,4,7-9,11-12H2,1-3H3,(H,25,31)/t13-/m1/s1. The van der Waals surface area contributed by atoms with Gasteiger partial charge in [-0.15, -0.1) is 0 Å². The molecule has 0 spiro atoms. The number of halogens is 2. The van der Waals surface area contributed by atoms with E-state index in [4.69, 9.17) is 11.6 Å². The number of carbonyl (C=O) groups excluding carboxylic acids is 2. The molecule has 1 atom stereocenters. The van der Waals surface area contributed by atoms with Crippen molar-refractivity contribution in [3.05, 3.63) is 46.0 Å². The quantitative estimate of drug-likeness (QED) is 0.731. The highest BCUT2D eigenvalue weighted by molar-refractivity contribution is 6.31. The summed E-state index contributed by atoms with van der Waals surface area (Å²) < 4.78 is 15.2. The average molecular weight is 464 g/mol. The zero-order valence-electron chi connectivity index (χ0n) is 18.4. The first kappa shape index (κ1) is 22.5. The van der Waals surface area contributed by atoms with E-state index in [-0.39, 0.29) is 36.1 Å². The van der Waals surface area contributed by atoms with E-state index < -0.39 is 11.4 Å². The number of carbonyl (C=O) groups is 2. The molecule has 8 nitrogen and oxygen atoms in total. The van der Waals surface area contributed by atoms with Crippen molar-refractivity contribution in [1.82, 2.24) is 19.6 Å². The highest BCUT2D eigenvalue weighted by Gasteiger charge is 2.37. The Bertz CT molecular complexity index is 1060. The van der Waals surface area contributed by atoms with Gasteiger partial charge in [-0.1, -0.05) is 11.6 Å². The molecule has 0 fully saturated rings. The van der Waals surface area contributed by atoms with Crippen LogP contribution in [0.1, 0.15) is 48.9 Å². The number of benzene rings is 1. The fourth-order valence-corrected chi connectivity index (χ4v) is 4.50. The molecule has 3 amide bonds. The Kier molecular flexibility index (Phi) is 5.89. The Balaban J connectivity index is 1.59. The van der Waals surface area contributed by atoms with Crippen LogP contribution in [0.15, 0.2) is 18.2 Å². The van der Waals surface area contributed by atoms with Gasteiger partial charge in [0, 0.05) is 43.3 Å². The monoisotopic (exact) mass is 463 g/mol. The molecule has 0 bridgehead atoms. The summed E-state index contributed by atoms with van der Waals surface area (Å²) in [5, 5.41) is 17.6. The second-order valence-corrected chi connectivity index (χ2v) is 9.54. The summed E-state index contributed by atoms with van der Waals surface area (Å²) in [5.41, 5.74) is 1.42. The summed E-state index contributed by atoms with van der Waals surface area (Å²) >= 11 is 5.82. The number of hydrogen-bond acceptors (Lipinski definition) is 4. The Morgan fingerprint density at radius 2 is 2.12 bits per heavy atom. The zero-order valence-corrected chi connectivity index (χ0v) is 19.1. The molecule has 2 aromatic rings. The van der Waals surface area contributed by atoms with Gasteiger partial charge in [0.2, 0.25) is 0 Å². The molecule has 2 aliphatic rings. The molecule has 0 saturated heterocycles. The van der Waals surface area contributed by atoms with Gasteiger partial charge in [-0.05, 0) is 45.4 Å². The smallest absolute Gasteiger partial charge is 0.322 e. The van der Waals surface area contributed by atoms with Gasteiger partial charge in [0.1, 0.15) is 11.5 Å². The van der Waals surface area contributed by atoms with Crippen LogP contribution in [0.5, 0.6) is 0 Å². The Morgan fingerprint density at radius 1 is 1.38 bits per heavy atom. The summed E-state index contributed by atoms with van der Waals surface area (Å²) in [7, 11) is 0. The Labute approximate surface area is 190 Å². The van der Waals surface area contributed by atoms with Crippen molar-refractivity contribution in [2.75, 3.05) is 18.4 Å². The van der Waals surface area contributed by atoms with E-state index >= 15 is 0 Å². The van der Waals surface area contributed by atoms with Crippen LogP contribution < -0.4 is 5.32 Å². The summed E-state index contributed by atoms with van der Waals surface area (Å²) in [5.74, 6) is -0.740. The topological polar surface area (TPSA) is 90.7 Å². The number of fused-ring (bicyclic) bond motifs is 3. The number of urea groups is 1. The van der Waals surface area contributed by atoms with Crippen molar-refractivity contribution in [2.45, 2.75) is 58.3 Å². The first-order valence-electron chi connectivity index (χ1n) is 10.7. The summed E-state index contributed by atoms with van der Waals surface area (Å²) in [6.45, 7) is 6.86. The van der Waals surface area contributed by atoms with Crippen molar-refractivity contribution < 1.29 is 19.1 Å². The van der Waals surface area contributed by atoms with E-state index in [2.05, 4.69) is 10.4 Å². The predicted molar refractivity (Wildman–Crippen MR) is 118 cm³/mol. The highest BCUT2D eigenvalue weighted by atomic mass is 35.5. The number of aromatic nitrogens is 2. The molecular weight excluding hydrogens is 437 g/mol. The molecule has 32 heavy (non-hydrogen) atoms. The number of rotatable bonds is 3. The van der Waals surface area contributed by atoms with Crippen LogP contribution in [0.2, 0.25) is 5.02 Å². The third kappa shape index (κ3) is 4.45. The molecule has 3 heterocycles. The first-order valence-corrected chi connectivity index (χ1v) is 11.0. The average Bonchev–Trinajstić information content (AvgIpc) is 2.97. The second-order valence-electron chi connectivity index (χ2n) is 9.13. The normalized spacial score (nSPS) is 18.8. The Morgan fingerprint density at radius 3 is 2.81 bits per heavy atom. The van der Waals surface area contributed by atoms with Crippen molar-refractivity contribution in [3.63, 3.8) is 0 Å². The maximum Gasteiger partial charge on any atom is 0.322 e. The number of β-amino-alcohol motifs (C(OH)–C–C–N with tert-alkyl or cyclic N) is 1. The minimum absolute atomic E-state index is 0.0729. The molecule has 1 aromatic carbocycles. The molecule has 0 saturated carbocycles. The third-order valence-electron chi connectivity index (χ3n) is 5.78. The number of amides is 3. The molecule has 0 aliphatic carbocycles. The fourth-order valence-electron chi connectivity index (χ4n) is 4.32. The predicted octanol–water partition coefficient (Wildman–Crippen LogP) is 3.27. The maximum atomic E-state index is 13.4. The lowest BCUT2D eigenvalue weighted by molar-refractivity contribution is 0.0304. The first-order chi connectivity index (χ1) is 15.0. The second kappa shape index (κ2) is 8.37. The van der Waals surface area contributed by atoms with Crippen molar-refractivity contribution in [3.8, 4) is 0 Å². The molecule has 2 N–H and O–H groups in total. The van der Waals surface area contributed by atoms with E-state index in [1.165, 1.54) is 18.2 Å². The van der Waals surface area contributed by atoms with Crippen LogP contribution in [0.25, 0.3) is 0 Å². The lowest BCUT2D eigenvalue weighted by Gasteiger charge is -2.33. The van der Waals surface area contributed by atoms with Crippen LogP contribution in [-0.4, -0.2) is 61.4 Å². The molecule has 0 unspecified atom stereocenters. The van der Waals surface area contributed by atoms with Gasteiger partial charge in [-0.25, -0.2) is 9.18 Å². The van der Waals surface area contributed by atoms with Crippen LogP contribution in [0, 0.1) is 5.82 Å². The molecule has 1 aromatic heterocycles. The molecule has 172 valence electrons. The minimum Gasteiger partial charge on any atom is -0.389 e. The largest absolute Gasteiger partial charge is 0.389 e. The Hall–Kier alpha value is -2.65. The number of hydrogen-bond donors (Lipinski definition) is 2. The van der Waals surface area contributed by atoms with Crippen LogP contribution in [0.3, 0.4) is 0 Å². The lowest BCUT2D eigenvalue weighted by atomic mass is 9.99. The van der Waals surface area contributed by atoms with Gasteiger partial charge < -0.3 is 20.2 Å². The van der Waals surface area contributed by atoms with Crippen molar-refractivity contribution >= 4 is 29.2 Å². The van der Waals surface area contributed by atoms with Crippen LogP contribution in [-0.2, 0) is 19.5 Å². The molecule has 2 aliphatic heterocycles. The number of nitrogens with zero attached hydrogens (tertiary/aromatic N) is 4. The van der Waals surface area contributed by atoms with Gasteiger partial charge in [0.25, 0.3) is 5.91 Å².